The second-order valence-corrected chi connectivity index (χ2v) is 11.5. The van der Waals surface area contributed by atoms with Gasteiger partial charge in [-0.25, -0.2) is 8.42 Å². The Morgan fingerprint density at radius 3 is 2.29 bits per heavy atom. The van der Waals surface area contributed by atoms with Gasteiger partial charge in [-0.1, -0.05) is 13.8 Å². The van der Waals surface area contributed by atoms with Crippen LogP contribution in [0.1, 0.15) is 78.6 Å². The first-order chi connectivity index (χ1) is 12.5. The van der Waals surface area contributed by atoms with Crippen LogP contribution in [0, 0.1) is 40.4 Å². The molecule has 0 saturated heterocycles. The molecule has 156 valence electrons. The smallest absolute Gasteiger partial charge is 0.726 e. The van der Waals surface area contributed by atoms with Crippen molar-refractivity contribution in [2.24, 2.45) is 40.4 Å². The summed E-state index contributed by atoms with van der Waals surface area (Å²) in [6.07, 6.45) is 8.83. The average Bonchev–Trinajstić information content (AvgIpc) is 2.91. The second-order valence-electron chi connectivity index (χ2n) is 10.5. The van der Waals surface area contributed by atoms with Crippen molar-refractivity contribution >= 4 is 10.4 Å². The van der Waals surface area contributed by atoms with Gasteiger partial charge in [-0.05, 0) is 105 Å². The van der Waals surface area contributed by atoms with Gasteiger partial charge in [0, 0.05) is 0 Å². The molecule has 0 aromatic heterocycles. The van der Waals surface area contributed by atoms with E-state index in [1.807, 2.05) is 6.92 Å². The summed E-state index contributed by atoms with van der Waals surface area (Å²) in [7, 11) is -4.61. The number of fused-ring (bicyclic) bond motifs is 5. The standard InChI is InChI=1S/C21H36O5S.Na/c1-13(22)17-6-7-18-16-5-4-14-12-15(26-27(23,24)25)8-10-20(14,2)19(16)9-11-21(17,18)3;/h13-19,22H,4-12H2,1-3H3,(H,23,24,25);/q;+1/p-1/t13-,14-,15-,16-,17+,18-,19-,20-,21+;/m0./s1. The molecule has 7 heteroatoms. The largest absolute Gasteiger partial charge is 1.00 e. The minimum Gasteiger partial charge on any atom is -0.726 e. The Bertz CT molecular complexity index is 682. The Balaban J connectivity index is 0.00000225. The number of rotatable bonds is 3. The Hall–Kier alpha value is 0.830. The molecule has 9 atom stereocenters. The molecule has 0 aliphatic heterocycles. The average molecular weight is 423 g/mol. The maximum absolute atomic E-state index is 11.0. The van der Waals surface area contributed by atoms with Crippen LogP contribution < -0.4 is 29.6 Å². The van der Waals surface area contributed by atoms with Gasteiger partial charge in [0.1, 0.15) is 0 Å². The Kier molecular flexibility index (Phi) is 6.77. The first-order valence-electron chi connectivity index (χ1n) is 10.9. The Morgan fingerprint density at radius 1 is 1.00 bits per heavy atom. The first-order valence-corrected chi connectivity index (χ1v) is 12.2. The molecule has 0 radical (unpaired) electrons. The third kappa shape index (κ3) is 3.89. The van der Waals surface area contributed by atoms with Crippen LogP contribution in [0.15, 0.2) is 0 Å². The van der Waals surface area contributed by atoms with E-state index in [4.69, 9.17) is 4.18 Å². The number of aliphatic hydroxyl groups excluding tert-OH is 1. The SMILES string of the molecule is C[C@H](O)[C@H]1CC[C@H]2[C@@H]3CC[C@H]4C[C@@H](OS(=O)(=O)[O-])CC[C@]4(C)[C@H]3CC[C@]12C.[Na+]. The van der Waals surface area contributed by atoms with Crippen molar-refractivity contribution in [1.29, 1.82) is 0 Å². The monoisotopic (exact) mass is 422 g/mol. The minimum atomic E-state index is -4.61. The van der Waals surface area contributed by atoms with Crippen molar-refractivity contribution < 1.29 is 51.8 Å². The fourth-order valence-corrected chi connectivity index (χ4v) is 8.81. The quantitative estimate of drug-likeness (QED) is 0.414. The van der Waals surface area contributed by atoms with Crippen molar-refractivity contribution in [3.8, 4) is 0 Å². The molecule has 0 amide bonds. The summed E-state index contributed by atoms with van der Waals surface area (Å²) in [5, 5.41) is 10.3. The van der Waals surface area contributed by atoms with E-state index in [1.54, 1.807) is 0 Å². The van der Waals surface area contributed by atoms with E-state index < -0.39 is 16.5 Å². The van der Waals surface area contributed by atoms with Gasteiger partial charge >= 0.3 is 29.6 Å². The maximum atomic E-state index is 11.0. The maximum Gasteiger partial charge on any atom is 1.00 e. The second kappa shape index (κ2) is 8.07. The van der Waals surface area contributed by atoms with Crippen molar-refractivity contribution in [3.05, 3.63) is 0 Å². The van der Waals surface area contributed by atoms with E-state index in [9.17, 15) is 18.1 Å². The molecule has 0 heterocycles. The zero-order valence-corrected chi connectivity index (χ0v) is 20.7. The van der Waals surface area contributed by atoms with E-state index in [0.29, 0.717) is 36.5 Å². The van der Waals surface area contributed by atoms with E-state index in [-0.39, 0.29) is 46.5 Å². The van der Waals surface area contributed by atoms with Gasteiger partial charge in [0.2, 0.25) is 10.4 Å². The first kappa shape index (κ1) is 23.5. The summed E-state index contributed by atoms with van der Waals surface area (Å²) in [5.74, 6) is 3.02. The molecule has 0 aromatic rings. The van der Waals surface area contributed by atoms with Crippen LogP contribution in [0.25, 0.3) is 0 Å². The molecule has 1 N–H and O–H groups in total. The Labute approximate surface area is 192 Å². The van der Waals surface area contributed by atoms with Gasteiger partial charge in [-0.2, -0.15) is 0 Å². The molecule has 5 nitrogen and oxygen atoms in total. The fraction of sp³-hybridized carbons (Fsp3) is 1.00. The summed E-state index contributed by atoms with van der Waals surface area (Å²) < 4.78 is 37.9. The molecule has 4 aliphatic rings. The van der Waals surface area contributed by atoms with Gasteiger partial charge in [0.15, 0.2) is 0 Å². The van der Waals surface area contributed by atoms with Gasteiger partial charge < -0.3 is 9.66 Å². The van der Waals surface area contributed by atoms with E-state index >= 15 is 0 Å². The van der Waals surface area contributed by atoms with Crippen molar-refractivity contribution in [2.45, 2.75) is 90.8 Å². The van der Waals surface area contributed by atoms with Crippen LogP contribution in [0.2, 0.25) is 0 Å². The van der Waals surface area contributed by atoms with Crippen molar-refractivity contribution in [1.82, 2.24) is 0 Å². The molecule has 4 rings (SSSR count). The molecule has 0 spiro atoms. The summed E-state index contributed by atoms with van der Waals surface area (Å²) in [4.78, 5) is 0. The van der Waals surface area contributed by atoms with Gasteiger partial charge in [-0.15, -0.1) is 0 Å². The molecular formula is C21H35NaO5S. The molecule has 0 unspecified atom stereocenters. The third-order valence-corrected chi connectivity index (χ3v) is 10.0. The van der Waals surface area contributed by atoms with E-state index in [1.165, 1.54) is 25.7 Å². The molecular weight excluding hydrogens is 387 g/mol. The molecule has 4 saturated carbocycles. The fourth-order valence-electron chi connectivity index (χ4n) is 8.31. The topological polar surface area (TPSA) is 86.7 Å². The van der Waals surface area contributed by atoms with Crippen LogP contribution in [0.5, 0.6) is 0 Å². The normalized spacial score (nSPS) is 49.3. The minimum absolute atomic E-state index is 0. The van der Waals surface area contributed by atoms with E-state index in [0.717, 1.165) is 25.2 Å². The molecule has 0 bridgehead atoms. The molecule has 4 aliphatic carbocycles. The Morgan fingerprint density at radius 2 is 1.64 bits per heavy atom. The molecule has 28 heavy (non-hydrogen) atoms. The van der Waals surface area contributed by atoms with Gasteiger partial charge in [0.05, 0.1) is 12.2 Å². The number of hydrogen-bond acceptors (Lipinski definition) is 5. The number of hydrogen-bond donors (Lipinski definition) is 1. The van der Waals surface area contributed by atoms with Crippen LogP contribution in [0.3, 0.4) is 0 Å². The van der Waals surface area contributed by atoms with E-state index in [2.05, 4.69) is 13.8 Å². The van der Waals surface area contributed by atoms with Crippen LogP contribution in [0.4, 0.5) is 0 Å². The number of aliphatic hydroxyl groups is 1. The van der Waals surface area contributed by atoms with Crippen molar-refractivity contribution in [2.75, 3.05) is 0 Å². The van der Waals surface area contributed by atoms with Gasteiger partial charge in [0.25, 0.3) is 0 Å². The zero-order chi connectivity index (χ0) is 19.6. The third-order valence-electron chi connectivity index (χ3n) is 9.53. The predicted octanol–water partition coefficient (Wildman–Crippen LogP) is 0.876. The van der Waals surface area contributed by atoms with Crippen LogP contribution >= 0.6 is 0 Å². The van der Waals surface area contributed by atoms with Crippen LogP contribution in [-0.4, -0.2) is 30.3 Å². The molecule has 4 fully saturated rings. The van der Waals surface area contributed by atoms with Crippen LogP contribution in [-0.2, 0) is 14.6 Å². The zero-order valence-electron chi connectivity index (χ0n) is 17.9. The molecule has 0 aromatic carbocycles. The summed E-state index contributed by atoms with van der Waals surface area (Å²) >= 11 is 0. The predicted molar refractivity (Wildman–Crippen MR) is 101 cm³/mol. The summed E-state index contributed by atoms with van der Waals surface area (Å²) in [6.45, 7) is 6.81. The van der Waals surface area contributed by atoms with Gasteiger partial charge in [-0.3, -0.25) is 4.18 Å². The van der Waals surface area contributed by atoms with Crippen molar-refractivity contribution in [3.63, 3.8) is 0 Å². The summed E-state index contributed by atoms with van der Waals surface area (Å²) in [5.41, 5.74) is 0.509. The summed E-state index contributed by atoms with van der Waals surface area (Å²) in [6, 6.07) is 0.